The highest BCUT2D eigenvalue weighted by molar-refractivity contribution is 6.39. The maximum atomic E-state index is 13.4. The topological polar surface area (TPSA) is 150 Å². The third-order valence-corrected chi connectivity index (χ3v) is 10.0. The van der Waals surface area contributed by atoms with Gasteiger partial charge in [0, 0.05) is 78.9 Å². The Morgan fingerprint density at radius 1 is 1.02 bits per heavy atom. The first kappa shape index (κ1) is 34.4. The van der Waals surface area contributed by atoms with E-state index < -0.39 is 11.7 Å². The fourth-order valence-electron chi connectivity index (χ4n) is 6.57. The lowest BCUT2D eigenvalue weighted by atomic mass is 9.97. The molecule has 1 atom stereocenters. The van der Waals surface area contributed by atoms with E-state index in [4.69, 9.17) is 32.9 Å². The van der Waals surface area contributed by atoms with Crippen molar-refractivity contribution in [2.45, 2.75) is 32.0 Å². The van der Waals surface area contributed by atoms with Crippen molar-refractivity contribution in [2.24, 2.45) is 0 Å². The van der Waals surface area contributed by atoms with Gasteiger partial charge < -0.3 is 25.2 Å². The molecule has 262 valence electrons. The number of benzene rings is 2. The molecule has 1 fully saturated rings. The van der Waals surface area contributed by atoms with Crippen molar-refractivity contribution in [2.75, 3.05) is 32.8 Å². The van der Waals surface area contributed by atoms with Crippen molar-refractivity contribution in [1.82, 2.24) is 29.5 Å². The Bertz CT molecular complexity index is 2210. The zero-order valence-electron chi connectivity index (χ0n) is 27.4. The minimum absolute atomic E-state index is 0.0750. The lowest BCUT2D eigenvalue weighted by molar-refractivity contribution is -0.119. The van der Waals surface area contributed by atoms with Crippen LogP contribution in [0.15, 0.2) is 77.9 Å². The standard InChI is InChI=1S/C37H34Cl2N6O6/c38-33-26(22-11-12-45-31(17-22)40-18-24(36(45)48)20-44(37(49)50)21-25-8-10-32(47)41-25)3-1-4-27(33)28-5-2-6-29(34(28)39)30-9-7-23-19-43(13-15-46)14-16-51-35(23)42-30/h1-7,9,11-12,17-18,25,46H,8,10,13-16,19-21H2,(H,41,47)(H,49,50). The molecular weight excluding hydrogens is 695 g/mol. The number of aliphatic hydroxyl groups is 1. The Morgan fingerprint density at radius 3 is 2.49 bits per heavy atom. The highest BCUT2D eigenvalue weighted by Gasteiger charge is 2.26. The number of pyridine rings is 2. The molecule has 2 amide bonds. The number of hydrogen-bond donors (Lipinski definition) is 3. The lowest BCUT2D eigenvalue weighted by Crippen LogP contribution is -2.42. The molecule has 5 heterocycles. The first-order valence-corrected chi connectivity index (χ1v) is 17.3. The number of fused-ring (bicyclic) bond motifs is 2. The van der Waals surface area contributed by atoms with Crippen molar-refractivity contribution in [3.63, 3.8) is 0 Å². The molecule has 0 aliphatic carbocycles. The van der Waals surface area contributed by atoms with Gasteiger partial charge in [-0.1, -0.05) is 65.7 Å². The first-order valence-electron chi connectivity index (χ1n) is 16.5. The molecule has 0 spiro atoms. The number of ether oxygens (including phenoxy) is 1. The number of aromatic nitrogens is 3. The minimum Gasteiger partial charge on any atom is -0.476 e. The molecule has 3 N–H and O–H groups in total. The Hall–Kier alpha value is -5.01. The highest BCUT2D eigenvalue weighted by atomic mass is 35.5. The molecule has 7 rings (SSSR count). The number of amides is 2. The van der Waals surface area contributed by atoms with Crippen LogP contribution in [0.4, 0.5) is 4.79 Å². The van der Waals surface area contributed by atoms with E-state index in [-0.39, 0.29) is 37.2 Å². The first-order chi connectivity index (χ1) is 24.7. The molecule has 2 aliphatic heterocycles. The molecule has 3 aromatic heterocycles. The molecule has 1 unspecified atom stereocenters. The number of rotatable bonds is 9. The average molecular weight is 730 g/mol. The number of carboxylic acid groups (broad SMARTS) is 1. The average Bonchev–Trinajstić information content (AvgIpc) is 3.42. The van der Waals surface area contributed by atoms with Gasteiger partial charge >= 0.3 is 6.09 Å². The number of aliphatic hydroxyl groups excluding tert-OH is 1. The van der Waals surface area contributed by atoms with E-state index in [0.29, 0.717) is 83.0 Å². The molecule has 2 aliphatic rings. The van der Waals surface area contributed by atoms with Gasteiger partial charge in [0.1, 0.15) is 12.3 Å². The van der Waals surface area contributed by atoms with Crippen LogP contribution in [0.5, 0.6) is 5.88 Å². The van der Waals surface area contributed by atoms with Crippen molar-refractivity contribution < 1.29 is 24.5 Å². The Morgan fingerprint density at radius 2 is 1.76 bits per heavy atom. The Balaban J connectivity index is 1.16. The van der Waals surface area contributed by atoms with Gasteiger partial charge in [0.15, 0.2) is 0 Å². The van der Waals surface area contributed by atoms with Crippen LogP contribution in [0, 0.1) is 0 Å². The van der Waals surface area contributed by atoms with E-state index in [1.54, 1.807) is 18.3 Å². The predicted octanol–water partition coefficient (Wildman–Crippen LogP) is 5.34. The molecule has 5 aromatic rings. The quantitative estimate of drug-likeness (QED) is 0.183. The number of β-amino-alcohol motifs (C(OH)–C–C–N with tert-alkyl or cyclic N) is 1. The molecular formula is C37H34Cl2N6O6. The predicted molar refractivity (Wildman–Crippen MR) is 193 cm³/mol. The highest BCUT2D eigenvalue weighted by Crippen LogP contribution is 2.42. The monoisotopic (exact) mass is 728 g/mol. The van der Waals surface area contributed by atoms with Crippen LogP contribution in [0.25, 0.3) is 39.2 Å². The van der Waals surface area contributed by atoms with Gasteiger partial charge in [-0.05, 0) is 30.2 Å². The molecule has 0 saturated carbocycles. The van der Waals surface area contributed by atoms with Crippen molar-refractivity contribution in [1.29, 1.82) is 0 Å². The smallest absolute Gasteiger partial charge is 0.407 e. The summed E-state index contributed by atoms with van der Waals surface area (Å²) in [6, 6.07) is 18.4. The molecule has 2 aromatic carbocycles. The van der Waals surface area contributed by atoms with Crippen LogP contribution >= 0.6 is 23.2 Å². The second kappa shape index (κ2) is 14.7. The zero-order chi connectivity index (χ0) is 35.6. The van der Waals surface area contributed by atoms with Crippen LogP contribution < -0.4 is 15.6 Å². The summed E-state index contributed by atoms with van der Waals surface area (Å²) in [5.74, 6) is 0.432. The van der Waals surface area contributed by atoms with Crippen molar-refractivity contribution in [3.8, 4) is 39.4 Å². The van der Waals surface area contributed by atoms with Gasteiger partial charge in [-0.25, -0.2) is 14.8 Å². The summed E-state index contributed by atoms with van der Waals surface area (Å²) in [6.07, 6.45) is 2.68. The summed E-state index contributed by atoms with van der Waals surface area (Å²) in [6.45, 7) is 2.33. The minimum atomic E-state index is -1.19. The van der Waals surface area contributed by atoms with Crippen LogP contribution in [-0.2, 0) is 17.9 Å². The summed E-state index contributed by atoms with van der Waals surface area (Å²) in [4.78, 5) is 49.5. The third-order valence-electron chi connectivity index (χ3n) is 9.21. The number of nitrogens with one attached hydrogen (secondary N) is 1. The third kappa shape index (κ3) is 7.13. The molecule has 14 heteroatoms. The van der Waals surface area contributed by atoms with Gasteiger partial charge in [-0.2, -0.15) is 0 Å². The second-order valence-electron chi connectivity index (χ2n) is 12.5. The summed E-state index contributed by atoms with van der Waals surface area (Å²) in [5, 5.41) is 22.8. The summed E-state index contributed by atoms with van der Waals surface area (Å²) < 4.78 is 7.33. The van der Waals surface area contributed by atoms with E-state index in [1.807, 2.05) is 48.5 Å². The van der Waals surface area contributed by atoms with Crippen molar-refractivity contribution >= 4 is 40.8 Å². The number of carbonyl (C=O) groups is 2. The SMILES string of the molecule is O=C1CCC(CN(Cc2cnc3cc(-c4cccc(-c5cccc(-c6ccc7c(n6)OCCN(CCO)C7)c5Cl)c4Cl)ccn3c2=O)C(=O)O)N1. The van der Waals surface area contributed by atoms with E-state index in [1.165, 1.54) is 10.6 Å². The summed E-state index contributed by atoms with van der Waals surface area (Å²) in [5.41, 5.74) is 5.35. The van der Waals surface area contributed by atoms with Gasteiger partial charge in [0.2, 0.25) is 11.8 Å². The molecule has 51 heavy (non-hydrogen) atoms. The van der Waals surface area contributed by atoms with E-state index in [0.717, 1.165) is 21.6 Å². The fourth-order valence-corrected chi connectivity index (χ4v) is 7.24. The van der Waals surface area contributed by atoms with E-state index in [9.17, 15) is 24.6 Å². The van der Waals surface area contributed by atoms with Gasteiger partial charge in [0.25, 0.3) is 5.56 Å². The lowest BCUT2D eigenvalue weighted by Gasteiger charge is -2.22. The number of carbonyl (C=O) groups excluding carboxylic acids is 1. The molecule has 12 nitrogen and oxygen atoms in total. The second-order valence-corrected chi connectivity index (χ2v) is 13.3. The Labute approximate surface area is 302 Å². The molecule has 1 saturated heterocycles. The van der Waals surface area contributed by atoms with Gasteiger partial charge in [-0.3, -0.25) is 18.9 Å². The van der Waals surface area contributed by atoms with Crippen LogP contribution in [-0.4, -0.2) is 85.3 Å². The largest absolute Gasteiger partial charge is 0.476 e. The van der Waals surface area contributed by atoms with E-state index in [2.05, 4.69) is 15.2 Å². The summed E-state index contributed by atoms with van der Waals surface area (Å²) in [7, 11) is 0. The normalized spacial score (nSPS) is 16.0. The van der Waals surface area contributed by atoms with E-state index >= 15 is 0 Å². The van der Waals surface area contributed by atoms with Crippen LogP contribution in [0.3, 0.4) is 0 Å². The zero-order valence-corrected chi connectivity index (χ0v) is 28.9. The molecule has 0 radical (unpaired) electrons. The van der Waals surface area contributed by atoms with Gasteiger partial charge in [-0.15, -0.1) is 0 Å². The number of nitrogens with zero attached hydrogens (tertiary/aromatic N) is 5. The van der Waals surface area contributed by atoms with Crippen molar-refractivity contribution in [3.05, 3.63) is 105 Å². The number of halogens is 2. The fraction of sp³-hybridized carbons (Fsp3) is 0.270. The maximum Gasteiger partial charge on any atom is 0.407 e. The van der Waals surface area contributed by atoms with Crippen LogP contribution in [0.1, 0.15) is 24.0 Å². The van der Waals surface area contributed by atoms with Crippen LogP contribution in [0.2, 0.25) is 10.0 Å². The Kier molecular flexibility index (Phi) is 9.92. The number of hydrogen-bond acceptors (Lipinski definition) is 8. The molecule has 0 bridgehead atoms. The van der Waals surface area contributed by atoms with Gasteiger partial charge in [0.05, 0.1) is 34.5 Å². The maximum absolute atomic E-state index is 13.4. The summed E-state index contributed by atoms with van der Waals surface area (Å²) >= 11 is 14.1.